The van der Waals surface area contributed by atoms with Crippen LogP contribution in [0, 0.1) is 5.82 Å². The van der Waals surface area contributed by atoms with Gasteiger partial charge in [-0.3, -0.25) is 14.6 Å². The number of nitrogens with one attached hydrogen (secondary N) is 1. The molecule has 1 aromatic carbocycles. The summed E-state index contributed by atoms with van der Waals surface area (Å²) in [7, 11) is 1.52. The second-order valence-electron chi connectivity index (χ2n) is 4.61. The predicted octanol–water partition coefficient (Wildman–Crippen LogP) is 2.69. The minimum atomic E-state index is -0.382. The zero-order chi connectivity index (χ0) is 16.1. The van der Waals surface area contributed by atoms with Crippen molar-refractivity contribution in [2.24, 2.45) is 0 Å². The number of hydrogen-bond donors (Lipinski definition) is 1. The lowest BCUT2D eigenvalue weighted by molar-refractivity contribution is -0.116. The van der Waals surface area contributed by atoms with E-state index in [4.69, 9.17) is 0 Å². The van der Waals surface area contributed by atoms with Crippen LogP contribution in [-0.2, 0) is 4.79 Å². The molecule has 22 heavy (non-hydrogen) atoms. The molecule has 0 aliphatic rings. The van der Waals surface area contributed by atoms with Crippen molar-refractivity contribution < 1.29 is 14.0 Å². The zero-order valence-electron chi connectivity index (χ0n) is 11.7. The SMILES string of the molecule is CN(CC(=O)Nc1ccc(F)cc1)C(=O)c1cncc(Br)c1. The van der Waals surface area contributed by atoms with E-state index in [1.807, 2.05) is 0 Å². The molecule has 0 fully saturated rings. The van der Waals surface area contributed by atoms with Gasteiger partial charge in [-0.15, -0.1) is 0 Å². The number of carbonyl (C=O) groups is 2. The fourth-order valence-corrected chi connectivity index (χ4v) is 2.13. The summed E-state index contributed by atoms with van der Waals surface area (Å²) in [6, 6.07) is 7.03. The molecule has 0 unspecified atom stereocenters. The lowest BCUT2D eigenvalue weighted by Crippen LogP contribution is -2.35. The van der Waals surface area contributed by atoms with E-state index in [1.165, 1.54) is 42.4 Å². The summed E-state index contributed by atoms with van der Waals surface area (Å²) in [5.41, 5.74) is 0.850. The van der Waals surface area contributed by atoms with Crippen molar-refractivity contribution in [3.63, 3.8) is 0 Å². The maximum atomic E-state index is 12.8. The van der Waals surface area contributed by atoms with E-state index in [1.54, 1.807) is 12.3 Å². The first-order valence-corrected chi connectivity index (χ1v) is 7.16. The lowest BCUT2D eigenvalue weighted by Gasteiger charge is -2.16. The molecule has 0 saturated carbocycles. The minimum absolute atomic E-state index is 0.122. The second kappa shape index (κ2) is 7.13. The summed E-state index contributed by atoms with van der Waals surface area (Å²) >= 11 is 3.24. The Morgan fingerprint density at radius 1 is 1.27 bits per heavy atom. The second-order valence-corrected chi connectivity index (χ2v) is 5.52. The van der Waals surface area contributed by atoms with Crippen LogP contribution in [-0.4, -0.2) is 35.3 Å². The third-order valence-corrected chi connectivity index (χ3v) is 3.24. The van der Waals surface area contributed by atoms with Crippen LogP contribution in [0.3, 0.4) is 0 Å². The van der Waals surface area contributed by atoms with Gasteiger partial charge in [0.15, 0.2) is 0 Å². The average molecular weight is 366 g/mol. The summed E-state index contributed by atoms with van der Waals surface area (Å²) < 4.78 is 13.5. The molecule has 2 aromatic rings. The zero-order valence-corrected chi connectivity index (χ0v) is 13.3. The van der Waals surface area contributed by atoms with Gasteiger partial charge in [-0.1, -0.05) is 0 Å². The molecule has 0 atom stereocenters. The van der Waals surface area contributed by atoms with Crippen LogP contribution >= 0.6 is 15.9 Å². The van der Waals surface area contributed by atoms with Gasteiger partial charge in [0, 0.05) is 29.6 Å². The highest BCUT2D eigenvalue weighted by atomic mass is 79.9. The number of aromatic nitrogens is 1. The van der Waals surface area contributed by atoms with Crippen molar-refractivity contribution in [2.45, 2.75) is 0 Å². The van der Waals surface area contributed by atoms with Gasteiger partial charge in [-0.25, -0.2) is 4.39 Å². The van der Waals surface area contributed by atoms with Crippen LogP contribution in [0.2, 0.25) is 0 Å². The Bertz CT molecular complexity index is 691. The van der Waals surface area contributed by atoms with Crippen LogP contribution < -0.4 is 5.32 Å². The highest BCUT2D eigenvalue weighted by Crippen LogP contribution is 2.12. The van der Waals surface area contributed by atoms with Gasteiger partial charge in [0.2, 0.25) is 5.91 Å². The quantitative estimate of drug-likeness (QED) is 0.905. The summed E-state index contributed by atoms with van der Waals surface area (Å²) in [6.45, 7) is -0.122. The molecule has 1 heterocycles. The Balaban J connectivity index is 1.96. The number of pyridine rings is 1. The predicted molar refractivity (Wildman–Crippen MR) is 83.9 cm³/mol. The van der Waals surface area contributed by atoms with Crippen LogP contribution in [0.1, 0.15) is 10.4 Å². The van der Waals surface area contributed by atoms with Gasteiger partial charge in [0.05, 0.1) is 12.1 Å². The van der Waals surface area contributed by atoms with Crippen molar-refractivity contribution in [1.82, 2.24) is 9.88 Å². The first-order chi connectivity index (χ1) is 10.5. The van der Waals surface area contributed by atoms with Crippen molar-refractivity contribution in [3.05, 3.63) is 58.6 Å². The molecule has 2 rings (SSSR count). The van der Waals surface area contributed by atoms with Gasteiger partial charge in [-0.2, -0.15) is 0 Å². The fourth-order valence-electron chi connectivity index (χ4n) is 1.77. The number of rotatable bonds is 4. The van der Waals surface area contributed by atoms with Crippen molar-refractivity contribution >= 4 is 33.4 Å². The molecule has 0 bridgehead atoms. The number of halogens is 2. The molecule has 0 aliphatic carbocycles. The first-order valence-electron chi connectivity index (χ1n) is 6.37. The highest BCUT2D eigenvalue weighted by molar-refractivity contribution is 9.10. The Hall–Kier alpha value is -2.28. The molecule has 1 aromatic heterocycles. The Labute approximate surface area is 135 Å². The number of nitrogens with zero attached hydrogens (tertiary/aromatic N) is 2. The summed E-state index contributed by atoms with van der Waals surface area (Å²) in [5.74, 6) is -1.07. The van der Waals surface area contributed by atoms with E-state index in [0.717, 1.165) is 0 Å². The molecule has 0 aliphatic heterocycles. The standard InChI is InChI=1S/C15H13BrFN3O2/c1-20(15(22)10-6-11(16)8-18-7-10)9-14(21)19-13-4-2-12(17)3-5-13/h2-8H,9H2,1H3,(H,19,21). The fraction of sp³-hybridized carbons (Fsp3) is 0.133. The van der Waals surface area contributed by atoms with E-state index in [2.05, 4.69) is 26.2 Å². The Morgan fingerprint density at radius 3 is 2.59 bits per heavy atom. The van der Waals surface area contributed by atoms with Gasteiger partial charge in [-0.05, 0) is 46.3 Å². The van der Waals surface area contributed by atoms with Crippen LogP contribution in [0.25, 0.3) is 0 Å². The number of anilines is 1. The summed E-state index contributed by atoms with van der Waals surface area (Å²) in [4.78, 5) is 29.2. The van der Waals surface area contributed by atoms with E-state index < -0.39 is 0 Å². The molecule has 1 N–H and O–H groups in total. The first kappa shape index (κ1) is 16.1. The van der Waals surface area contributed by atoms with Gasteiger partial charge < -0.3 is 10.2 Å². The Morgan fingerprint density at radius 2 is 1.95 bits per heavy atom. The molecule has 2 amide bonds. The maximum absolute atomic E-state index is 12.8. The summed E-state index contributed by atoms with van der Waals surface area (Å²) in [6.07, 6.45) is 3.00. The molecular weight excluding hydrogens is 353 g/mol. The highest BCUT2D eigenvalue weighted by Gasteiger charge is 2.15. The number of carbonyl (C=O) groups excluding carboxylic acids is 2. The smallest absolute Gasteiger partial charge is 0.255 e. The lowest BCUT2D eigenvalue weighted by atomic mass is 10.2. The number of amides is 2. The van der Waals surface area contributed by atoms with Crippen molar-refractivity contribution in [1.29, 1.82) is 0 Å². The van der Waals surface area contributed by atoms with Gasteiger partial charge in [0.1, 0.15) is 5.82 Å². The monoisotopic (exact) mass is 365 g/mol. The molecule has 0 spiro atoms. The molecule has 5 nitrogen and oxygen atoms in total. The number of hydrogen-bond acceptors (Lipinski definition) is 3. The van der Waals surface area contributed by atoms with Crippen LogP contribution in [0.5, 0.6) is 0 Å². The average Bonchev–Trinajstić information content (AvgIpc) is 2.48. The van der Waals surface area contributed by atoms with Crippen molar-refractivity contribution in [2.75, 3.05) is 18.9 Å². The third kappa shape index (κ3) is 4.36. The molecule has 114 valence electrons. The van der Waals surface area contributed by atoms with E-state index in [0.29, 0.717) is 15.7 Å². The topological polar surface area (TPSA) is 62.3 Å². The summed E-state index contributed by atoms with van der Waals surface area (Å²) in [5, 5.41) is 2.59. The number of likely N-dealkylation sites (N-methyl/N-ethyl adjacent to an activating group) is 1. The van der Waals surface area contributed by atoms with Crippen LogP contribution in [0.15, 0.2) is 47.2 Å². The Kier molecular flexibility index (Phi) is 5.21. The largest absolute Gasteiger partial charge is 0.332 e. The molecule has 0 radical (unpaired) electrons. The maximum Gasteiger partial charge on any atom is 0.255 e. The van der Waals surface area contributed by atoms with Gasteiger partial charge in [0.25, 0.3) is 5.91 Å². The molecule has 7 heteroatoms. The van der Waals surface area contributed by atoms with Crippen LogP contribution in [0.4, 0.5) is 10.1 Å². The van der Waals surface area contributed by atoms with E-state index in [-0.39, 0.29) is 24.2 Å². The number of benzene rings is 1. The minimum Gasteiger partial charge on any atom is -0.332 e. The molecule has 0 saturated heterocycles. The molecular formula is C15H13BrFN3O2. The van der Waals surface area contributed by atoms with E-state index >= 15 is 0 Å². The van der Waals surface area contributed by atoms with Gasteiger partial charge >= 0.3 is 0 Å². The van der Waals surface area contributed by atoms with E-state index in [9.17, 15) is 14.0 Å². The third-order valence-electron chi connectivity index (χ3n) is 2.81. The normalized spacial score (nSPS) is 10.1. The van der Waals surface area contributed by atoms with Crippen molar-refractivity contribution in [3.8, 4) is 0 Å².